The van der Waals surface area contributed by atoms with Gasteiger partial charge in [0.2, 0.25) is 0 Å². The average molecular weight is 461 g/mol. The van der Waals surface area contributed by atoms with Gasteiger partial charge in [-0.15, -0.1) is 0 Å². The van der Waals surface area contributed by atoms with Gasteiger partial charge in [0.15, 0.2) is 5.65 Å². The lowest BCUT2D eigenvalue weighted by Gasteiger charge is -2.52. The minimum atomic E-state index is -0.916. The second-order valence-corrected chi connectivity index (χ2v) is 10.6. The van der Waals surface area contributed by atoms with Crippen LogP contribution in [0.15, 0.2) is 9.59 Å². The number of carboxylic acid groups (broad SMARTS) is 1. The molecule has 0 amide bonds. The van der Waals surface area contributed by atoms with Crippen molar-refractivity contribution in [2.45, 2.75) is 103 Å². The van der Waals surface area contributed by atoms with Gasteiger partial charge in [-0.2, -0.15) is 0 Å². The number of carboxylic acids is 1. The minimum absolute atomic E-state index is 0.165. The molecule has 5 rings (SSSR count). The van der Waals surface area contributed by atoms with E-state index in [2.05, 4.69) is 4.98 Å². The summed E-state index contributed by atoms with van der Waals surface area (Å²) in [6.07, 6.45) is 6.58. The Hall–Kier alpha value is -2.42. The largest absolute Gasteiger partial charge is 0.481 e. The summed E-state index contributed by atoms with van der Waals surface area (Å²) in [5.41, 5.74) is -1.05. The molecule has 9 nitrogen and oxygen atoms in total. The van der Waals surface area contributed by atoms with Gasteiger partial charge in [-0.05, 0) is 65.2 Å². The SMILES string of the molecule is CCCn1c(=O)c2[nH]c(C34CCC(OCC(C)(C)C(=O)O)(CC3)CC4)nc2n(CCC)c1=O. The first-order chi connectivity index (χ1) is 15.6. The van der Waals surface area contributed by atoms with Crippen LogP contribution in [-0.2, 0) is 28.0 Å². The van der Waals surface area contributed by atoms with E-state index in [-0.39, 0.29) is 28.9 Å². The average Bonchev–Trinajstić information content (AvgIpc) is 3.26. The summed E-state index contributed by atoms with van der Waals surface area (Å²) in [4.78, 5) is 45.7. The molecule has 3 aliphatic carbocycles. The molecule has 2 aromatic rings. The van der Waals surface area contributed by atoms with Crippen LogP contribution < -0.4 is 11.2 Å². The maximum Gasteiger partial charge on any atom is 0.332 e. The predicted octanol–water partition coefficient (Wildman–Crippen LogP) is 3.18. The third-order valence-electron chi connectivity index (χ3n) is 7.75. The Kier molecular flexibility index (Phi) is 6.05. The molecule has 182 valence electrons. The van der Waals surface area contributed by atoms with Gasteiger partial charge in [0.05, 0.1) is 17.6 Å². The van der Waals surface area contributed by atoms with Crippen LogP contribution in [0.5, 0.6) is 0 Å². The van der Waals surface area contributed by atoms with Crippen LogP contribution in [0.4, 0.5) is 0 Å². The standard InChI is InChI=1S/C24H36N4O5/c1-5-13-27-17-16(18(29)28(14-6-2)21(27)32)25-19(26-17)23-7-10-24(11-8-23,12-9-23)33-15-22(3,4)20(30)31/h5-15H2,1-4H3,(H,25,26)(H,30,31). The smallest absolute Gasteiger partial charge is 0.332 e. The second-order valence-electron chi connectivity index (χ2n) is 10.6. The molecule has 2 bridgehead atoms. The number of H-pyrrole nitrogens is 1. The zero-order chi connectivity index (χ0) is 24.0. The van der Waals surface area contributed by atoms with Crippen molar-refractivity contribution in [2.75, 3.05) is 6.61 Å². The maximum atomic E-state index is 13.1. The number of nitrogens with zero attached hydrogens (tertiary/aromatic N) is 3. The molecule has 0 saturated heterocycles. The highest BCUT2D eigenvalue weighted by Crippen LogP contribution is 2.54. The number of imidazole rings is 1. The monoisotopic (exact) mass is 460 g/mol. The van der Waals surface area contributed by atoms with Crippen molar-refractivity contribution in [2.24, 2.45) is 5.41 Å². The van der Waals surface area contributed by atoms with E-state index in [9.17, 15) is 19.5 Å². The van der Waals surface area contributed by atoms with Gasteiger partial charge >= 0.3 is 11.7 Å². The lowest BCUT2D eigenvalue weighted by Crippen LogP contribution is -2.51. The van der Waals surface area contributed by atoms with Crippen molar-refractivity contribution < 1.29 is 14.6 Å². The number of rotatable bonds is 9. The molecule has 0 atom stereocenters. The highest BCUT2D eigenvalue weighted by Gasteiger charge is 2.52. The summed E-state index contributed by atoms with van der Waals surface area (Å²) in [6, 6.07) is 0. The van der Waals surface area contributed by atoms with E-state index in [0.29, 0.717) is 30.7 Å². The van der Waals surface area contributed by atoms with Crippen LogP contribution >= 0.6 is 0 Å². The fourth-order valence-corrected chi connectivity index (χ4v) is 5.38. The van der Waals surface area contributed by atoms with E-state index in [1.54, 1.807) is 18.4 Å². The Morgan fingerprint density at radius 3 is 2.18 bits per heavy atom. The number of fused-ring (bicyclic) bond motifs is 4. The number of aliphatic carboxylic acids is 1. The third-order valence-corrected chi connectivity index (χ3v) is 7.75. The van der Waals surface area contributed by atoms with Gasteiger partial charge in [-0.25, -0.2) is 9.78 Å². The summed E-state index contributed by atoms with van der Waals surface area (Å²) < 4.78 is 9.20. The van der Waals surface area contributed by atoms with E-state index in [1.165, 1.54) is 4.57 Å². The van der Waals surface area contributed by atoms with Crippen molar-refractivity contribution >= 4 is 17.1 Å². The van der Waals surface area contributed by atoms with E-state index in [0.717, 1.165) is 50.8 Å². The minimum Gasteiger partial charge on any atom is -0.481 e. The summed E-state index contributed by atoms with van der Waals surface area (Å²) >= 11 is 0. The number of aryl methyl sites for hydroxylation is 1. The maximum absolute atomic E-state index is 13.1. The van der Waals surface area contributed by atoms with E-state index < -0.39 is 11.4 Å². The fourth-order valence-electron chi connectivity index (χ4n) is 5.38. The van der Waals surface area contributed by atoms with Crippen molar-refractivity contribution in [1.82, 2.24) is 19.1 Å². The normalized spacial score (nSPS) is 25.1. The predicted molar refractivity (Wildman–Crippen MR) is 125 cm³/mol. The van der Waals surface area contributed by atoms with Crippen molar-refractivity contribution in [3.05, 3.63) is 26.7 Å². The second kappa shape index (κ2) is 8.42. The summed E-state index contributed by atoms with van der Waals surface area (Å²) in [7, 11) is 0. The highest BCUT2D eigenvalue weighted by atomic mass is 16.5. The molecule has 2 N–H and O–H groups in total. The van der Waals surface area contributed by atoms with Crippen molar-refractivity contribution in [3.63, 3.8) is 0 Å². The zero-order valence-electron chi connectivity index (χ0n) is 20.2. The van der Waals surface area contributed by atoms with Crippen molar-refractivity contribution in [3.8, 4) is 0 Å². The molecule has 0 radical (unpaired) electrons. The van der Waals surface area contributed by atoms with Crippen molar-refractivity contribution in [1.29, 1.82) is 0 Å². The van der Waals surface area contributed by atoms with Gasteiger partial charge in [-0.3, -0.25) is 18.7 Å². The van der Waals surface area contributed by atoms with Gasteiger partial charge in [-0.1, -0.05) is 13.8 Å². The lowest BCUT2D eigenvalue weighted by molar-refractivity contribution is -0.165. The number of ether oxygens (including phenoxy) is 1. The molecule has 0 unspecified atom stereocenters. The summed E-state index contributed by atoms with van der Waals surface area (Å²) in [6.45, 7) is 8.45. The fraction of sp³-hybridized carbons (Fsp3) is 0.750. The first kappa shape index (κ1) is 23.7. The molecule has 3 saturated carbocycles. The third kappa shape index (κ3) is 3.94. The molecule has 3 aliphatic rings. The topological polar surface area (TPSA) is 119 Å². The van der Waals surface area contributed by atoms with Crippen LogP contribution in [0.2, 0.25) is 0 Å². The highest BCUT2D eigenvalue weighted by molar-refractivity contribution is 5.73. The Bertz CT molecular complexity index is 1150. The first-order valence-electron chi connectivity index (χ1n) is 12.2. The van der Waals surface area contributed by atoms with E-state index in [1.807, 2.05) is 13.8 Å². The van der Waals surface area contributed by atoms with Gasteiger partial charge in [0.25, 0.3) is 5.56 Å². The molecule has 0 spiro atoms. The Morgan fingerprint density at radius 1 is 1.06 bits per heavy atom. The summed E-state index contributed by atoms with van der Waals surface area (Å²) in [5.74, 6) is -0.0544. The molecule has 0 aliphatic heterocycles. The van der Waals surface area contributed by atoms with Gasteiger partial charge < -0.3 is 14.8 Å². The molecule has 0 aromatic carbocycles. The lowest BCUT2D eigenvalue weighted by atomic mass is 9.58. The van der Waals surface area contributed by atoms with E-state index in [4.69, 9.17) is 9.72 Å². The van der Waals surface area contributed by atoms with Crippen LogP contribution in [0, 0.1) is 5.41 Å². The summed E-state index contributed by atoms with van der Waals surface area (Å²) in [5, 5.41) is 9.41. The van der Waals surface area contributed by atoms with Crippen LogP contribution in [0.1, 0.15) is 84.9 Å². The quantitative estimate of drug-likeness (QED) is 0.593. The molecular formula is C24H36N4O5. The Labute approximate surface area is 193 Å². The number of nitrogens with one attached hydrogen (secondary N) is 1. The van der Waals surface area contributed by atoms with E-state index >= 15 is 0 Å². The molecule has 2 aromatic heterocycles. The Morgan fingerprint density at radius 2 is 1.64 bits per heavy atom. The first-order valence-corrected chi connectivity index (χ1v) is 12.2. The molecule has 9 heteroatoms. The zero-order valence-corrected chi connectivity index (χ0v) is 20.2. The number of carbonyl (C=O) groups is 1. The number of aromatic nitrogens is 4. The Balaban J connectivity index is 1.64. The van der Waals surface area contributed by atoms with Crippen LogP contribution in [-0.4, -0.2) is 42.4 Å². The van der Waals surface area contributed by atoms with Gasteiger partial charge in [0, 0.05) is 18.5 Å². The molecule has 2 heterocycles. The number of hydrogen-bond acceptors (Lipinski definition) is 5. The van der Waals surface area contributed by atoms with Crippen LogP contribution in [0.25, 0.3) is 11.2 Å². The van der Waals surface area contributed by atoms with Crippen LogP contribution in [0.3, 0.4) is 0 Å². The number of hydrogen-bond donors (Lipinski definition) is 2. The molecular weight excluding hydrogens is 424 g/mol. The number of aromatic amines is 1. The molecule has 3 fully saturated rings. The molecule has 33 heavy (non-hydrogen) atoms. The van der Waals surface area contributed by atoms with Gasteiger partial charge in [0.1, 0.15) is 11.3 Å².